The van der Waals surface area contributed by atoms with Crippen LogP contribution < -0.4 is 10.6 Å². The Morgan fingerprint density at radius 1 is 0.661 bits per heavy atom. The molecule has 1 saturated heterocycles. The molecule has 12 heteroatoms. The van der Waals surface area contributed by atoms with E-state index in [2.05, 4.69) is 10.6 Å². The van der Waals surface area contributed by atoms with E-state index in [1.165, 1.54) is 6.92 Å². The van der Waals surface area contributed by atoms with E-state index in [4.69, 9.17) is 28.4 Å². The molecule has 1 aliphatic heterocycles. The van der Waals surface area contributed by atoms with Crippen LogP contribution in [-0.4, -0.2) is 72.0 Å². The van der Waals surface area contributed by atoms with Gasteiger partial charge in [-0.25, -0.2) is 9.59 Å². The van der Waals surface area contributed by atoms with Crippen LogP contribution in [0.3, 0.4) is 0 Å². The highest BCUT2D eigenvalue weighted by molar-refractivity contribution is 5.95. The summed E-state index contributed by atoms with van der Waals surface area (Å²) in [7, 11) is 0. The summed E-state index contributed by atoms with van der Waals surface area (Å²) >= 11 is 0. The van der Waals surface area contributed by atoms with Crippen LogP contribution >= 0.6 is 0 Å². The Labute approximate surface area is 346 Å². The van der Waals surface area contributed by atoms with Crippen molar-refractivity contribution in [2.45, 2.75) is 115 Å². The first-order valence-electron chi connectivity index (χ1n) is 20.0. The third-order valence-corrected chi connectivity index (χ3v) is 9.77. The molecule has 4 aromatic rings. The van der Waals surface area contributed by atoms with Gasteiger partial charge in [0.2, 0.25) is 5.91 Å². The first-order valence-corrected chi connectivity index (χ1v) is 20.0. The summed E-state index contributed by atoms with van der Waals surface area (Å²) in [5.41, 5.74) is 0.612. The second-order valence-corrected chi connectivity index (χ2v) is 15.6. The molecule has 2 N–H and O–H groups in total. The fraction of sp³-hybridized carbons (Fsp3) is 0.404. The molecule has 0 unspecified atom stereocenters. The molecule has 0 spiro atoms. The second-order valence-electron chi connectivity index (χ2n) is 15.6. The van der Waals surface area contributed by atoms with Gasteiger partial charge in [-0.1, -0.05) is 128 Å². The molecule has 0 aliphatic carbocycles. The normalized spacial score (nSPS) is 20.1. The maximum absolute atomic E-state index is 14.9. The number of esters is 1. The van der Waals surface area contributed by atoms with Gasteiger partial charge in [0, 0.05) is 13.3 Å². The largest absolute Gasteiger partial charge is 0.459 e. The molecule has 12 nitrogen and oxygen atoms in total. The van der Waals surface area contributed by atoms with Gasteiger partial charge in [0.25, 0.3) is 0 Å². The molecule has 6 atom stereocenters. The molecule has 0 aromatic heterocycles. The molecule has 1 aliphatic rings. The van der Waals surface area contributed by atoms with Gasteiger partial charge < -0.3 is 39.1 Å². The number of amides is 2. The highest BCUT2D eigenvalue weighted by Crippen LogP contribution is 2.32. The molecular weight excluding hydrogens is 753 g/mol. The maximum atomic E-state index is 14.9. The van der Waals surface area contributed by atoms with Gasteiger partial charge in [-0.15, -0.1) is 0 Å². The van der Waals surface area contributed by atoms with Gasteiger partial charge in [0.1, 0.15) is 42.2 Å². The highest BCUT2D eigenvalue weighted by atomic mass is 16.6. The van der Waals surface area contributed by atoms with Gasteiger partial charge in [-0.3, -0.25) is 9.59 Å². The summed E-state index contributed by atoms with van der Waals surface area (Å²) < 4.78 is 37.5. The van der Waals surface area contributed by atoms with Crippen molar-refractivity contribution in [3.63, 3.8) is 0 Å². The Balaban J connectivity index is 1.51. The minimum Gasteiger partial charge on any atom is -0.459 e. The number of ether oxygens (including phenoxy) is 6. The van der Waals surface area contributed by atoms with Crippen molar-refractivity contribution in [1.82, 2.24) is 10.6 Å². The zero-order valence-corrected chi connectivity index (χ0v) is 34.5. The number of hydrogen-bond acceptors (Lipinski definition) is 10. The van der Waals surface area contributed by atoms with Crippen molar-refractivity contribution < 1.29 is 47.6 Å². The third kappa shape index (κ3) is 13.6. The molecule has 5 rings (SSSR count). The number of benzene rings is 4. The topological polar surface area (TPSA) is 148 Å². The van der Waals surface area contributed by atoms with Crippen molar-refractivity contribution >= 4 is 23.8 Å². The Hall–Kier alpha value is -5.40. The Morgan fingerprint density at radius 2 is 1.14 bits per heavy atom. The minimum atomic E-state index is -1.88. The van der Waals surface area contributed by atoms with Crippen molar-refractivity contribution in [1.29, 1.82) is 0 Å². The van der Waals surface area contributed by atoms with E-state index >= 15 is 0 Å². The van der Waals surface area contributed by atoms with E-state index in [0.717, 1.165) is 16.7 Å². The predicted octanol–water partition coefficient (Wildman–Crippen LogP) is 7.02. The third-order valence-electron chi connectivity index (χ3n) is 9.77. The average molecular weight is 809 g/mol. The molecule has 4 aromatic carbocycles. The molecule has 314 valence electrons. The smallest absolute Gasteiger partial charge is 0.408 e. The van der Waals surface area contributed by atoms with Crippen molar-refractivity contribution in [2.24, 2.45) is 0 Å². The van der Waals surface area contributed by atoms with Crippen molar-refractivity contribution in [3.8, 4) is 0 Å². The molecule has 59 heavy (non-hydrogen) atoms. The molecule has 0 saturated carbocycles. The summed E-state index contributed by atoms with van der Waals surface area (Å²) in [6.07, 6.45) is -5.56. The number of nitrogens with one attached hydrogen (secondary N) is 2. The minimum absolute atomic E-state index is 0.00961. The van der Waals surface area contributed by atoms with Gasteiger partial charge in [-0.05, 0) is 49.4 Å². The van der Waals surface area contributed by atoms with Crippen LogP contribution in [0.4, 0.5) is 4.79 Å². The Kier molecular flexibility index (Phi) is 16.3. The van der Waals surface area contributed by atoms with Crippen LogP contribution in [0.1, 0.15) is 69.7 Å². The quantitative estimate of drug-likeness (QED) is 0.0948. The van der Waals surface area contributed by atoms with Gasteiger partial charge in [-0.2, -0.15) is 0 Å². The number of carbonyl (C=O) groups is 4. The number of alkyl carbamates (subject to hydrolysis) is 1. The summed E-state index contributed by atoms with van der Waals surface area (Å²) in [4.78, 5) is 55.5. The number of Topliss-reactive ketones (excluding diaryl/α,β-unsaturated/α-hetero) is 1. The second kappa shape index (κ2) is 21.6. The molecule has 0 radical (unpaired) electrons. The lowest BCUT2D eigenvalue weighted by atomic mass is 9.83. The molecule has 2 amide bonds. The SMILES string of the molecule is CC[C@](CC(=O)[C@H]1O[C@H](COCc2ccccc2)[C@@H](OCc2ccccc2)[C@H](OCc2ccccc2)[C@H]1NC(C)=O)(NC(=O)OC(C)(C)C)C(=O)OCc1ccccc1. The highest BCUT2D eigenvalue weighted by Gasteiger charge is 2.53. The first-order chi connectivity index (χ1) is 28.4. The van der Waals surface area contributed by atoms with Crippen LogP contribution in [0.5, 0.6) is 0 Å². The zero-order chi connectivity index (χ0) is 42.3. The fourth-order valence-corrected chi connectivity index (χ4v) is 6.83. The van der Waals surface area contributed by atoms with E-state index in [-0.39, 0.29) is 39.5 Å². The lowest BCUT2D eigenvalue weighted by Gasteiger charge is -2.46. The molecule has 1 heterocycles. The standard InChI is InChI=1S/C47H56N2O10/c1-6-47(49-45(53)59-46(3,4)5,44(52)57-31-37-25-17-10-18-26-37)27-38(51)41-40(48-33(2)50)43(56-30-36-23-15-9-16-24-36)42(55-29-35-21-13-8-14-22-35)39(58-41)32-54-28-34-19-11-7-12-20-34/h7-26,39-43H,6,27-32H2,1-5H3,(H,48,50)(H,49,53)/t39-,40+,41-,42-,43-,47-/m1/s1. The summed E-state index contributed by atoms with van der Waals surface area (Å²) in [5, 5.41) is 5.61. The maximum Gasteiger partial charge on any atom is 0.408 e. The number of hydrogen-bond donors (Lipinski definition) is 2. The van der Waals surface area contributed by atoms with E-state index < -0.39 is 71.8 Å². The molecule has 0 bridgehead atoms. The van der Waals surface area contributed by atoms with Gasteiger partial charge in [0.15, 0.2) is 5.78 Å². The van der Waals surface area contributed by atoms with Crippen LogP contribution in [-0.2, 0) is 69.2 Å². The summed E-state index contributed by atoms with van der Waals surface area (Å²) in [6, 6.07) is 36.7. The molecule has 1 fully saturated rings. The molecular formula is C47H56N2O10. The van der Waals surface area contributed by atoms with Gasteiger partial charge >= 0.3 is 12.1 Å². The van der Waals surface area contributed by atoms with E-state index in [9.17, 15) is 19.2 Å². The van der Waals surface area contributed by atoms with Crippen molar-refractivity contribution in [3.05, 3.63) is 144 Å². The van der Waals surface area contributed by atoms with E-state index in [0.29, 0.717) is 5.56 Å². The zero-order valence-electron chi connectivity index (χ0n) is 34.5. The number of ketones is 1. The van der Waals surface area contributed by atoms with Crippen LogP contribution in [0.25, 0.3) is 0 Å². The summed E-state index contributed by atoms with van der Waals surface area (Å²) in [5.74, 6) is -1.87. The Bertz CT molecular complexity index is 1920. The van der Waals surface area contributed by atoms with Gasteiger partial charge in [0.05, 0.1) is 32.5 Å². The monoisotopic (exact) mass is 808 g/mol. The predicted molar refractivity (Wildman–Crippen MR) is 221 cm³/mol. The fourth-order valence-electron chi connectivity index (χ4n) is 6.83. The number of rotatable bonds is 19. The van der Waals surface area contributed by atoms with E-state index in [1.807, 2.05) is 109 Å². The van der Waals surface area contributed by atoms with Crippen molar-refractivity contribution in [2.75, 3.05) is 6.61 Å². The van der Waals surface area contributed by atoms with Crippen LogP contribution in [0, 0.1) is 0 Å². The lowest BCUT2D eigenvalue weighted by molar-refractivity contribution is -0.230. The summed E-state index contributed by atoms with van der Waals surface area (Å²) in [6.45, 7) is 8.52. The van der Waals surface area contributed by atoms with Crippen LogP contribution in [0.15, 0.2) is 121 Å². The number of carbonyl (C=O) groups excluding carboxylic acids is 4. The average Bonchev–Trinajstić information content (AvgIpc) is 3.22. The lowest BCUT2D eigenvalue weighted by Crippen LogP contribution is -2.68. The Morgan fingerprint density at radius 3 is 1.61 bits per heavy atom. The van der Waals surface area contributed by atoms with Crippen LogP contribution in [0.2, 0.25) is 0 Å². The van der Waals surface area contributed by atoms with E-state index in [1.54, 1.807) is 39.8 Å². The first kappa shape index (κ1) is 44.7.